The quantitative estimate of drug-likeness (QED) is 0.116. The summed E-state index contributed by atoms with van der Waals surface area (Å²) in [4.78, 5) is 20.3. The molecule has 0 saturated carbocycles. The largest absolute Gasteiger partial charge is 0.488 e. The summed E-state index contributed by atoms with van der Waals surface area (Å²) in [6, 6.07) is 0.0210. The van der Waals surface area contributed by atoms with Crippen molar-refractivity contribution in [3.05, 3.63) is 38.3 Å². The monoisotopic (exact) mass is 772 g/mol. The molecule has 4 aliphatic heterocycles. The lowest BCUT2D eigenvalue weighted by molar-refractivity contribution is 0.143. The van der Waals surface area contributed by atoms with Crippen molar-refractivity contribution in [2.24, 2.45) is 0 Å². The van der Waals surface area contributed by atoms with Crippen LogP contribution in [0.1, 0.15) is 25.7 Å². The lowest BCUT2D eigenvalue weighted by Gasteiger charge is -2.46. The molecule has 2 aromatic rings. The molecule has 2 N–H and O–H groups in total. The molecule has 3 fully saturated rings. The van der Waals surface area contributed by atoms with Gasteiger partial charge in [-0.25, -0.2) is 13.1 Å². The number of aromatic nitrogens is 2. The molecular weight excluding hydrogens is 745 g/mol. The predicted octanol–water partition coefficient (Wildman–Crippen LogP) is 4.92. The van der Waals surface area contributed by atoms with Crippen LogP contribution in [0.5, 0.6) is 11.8 Å². The van der Waals surface area contributed by atoms with Crippen LogP contribution in [-0.4, -0.2) is 84.2 Å². The Kier molecular flexibility index (Phi) is 8.54. The number of nitrogens with zero attached hydrogens (tertiary/aromatic N) is 2. The van der Waals surface area contributed by atoms with Crippen LogP contribution in [0.2, 0.25) is 5.02 Å². The van der Waals surface area contributed by atoms with Gasteiger partial charge in [0.2, 0.25) is 0 Å². The summed E-state index contributed by atoms with van der Waals surface area (Å²) in [5.41, 5.74) is -1.45. The fourth-order valence-electron chi connectivity index (χ4n) is 5.59. The predicted molar refractivity (Wildman–Crippen MR) is 166 cm³/mol. The number of hydrogen-bond acceptors (Lipinski definition) is 8. The third kappa shape index (κ3) is 5.72. The number of rotatable bonds is 10. The van der Waals surface area contributed by atoms with Gasteiger partial charge in [0.1, 0.15) is 35.3 Å². The number of halogens is 5. The smallest absolute Gasteiger partial charge is 0.297 e. The number of hydrogen-bond donors (Lipinski definition) is 2. The van der Waals surface area contributed by atoms with Crippen molar-refractivity contribution in [3.8, 4) is 11.8 Å². The maximum Gasteiger partial charge on any atom is 0.297 e. The molecule has 6 rings (SSSR count). The number of aromatic amines is 1. The van der Waals surface area contributed by atoms with Gasteiger partial charge in [0, 0.05) is 30.2 Å². The van der Waals surface area contributed by atoms with E-state index in [-0.39, 0.29) is 72.1 Å². The van der Waals surface area contributed by atoms with Crippen LogP contribution < -0.4 is 20.3 Å². The molecule has 3 saturated heterocycles. The molecule has 2 bridgehead atoms. The Morgan fingerprint density at radius 1 is 1.48 bits per heavy atom. The van der Waals surface area contributed by atoms with E-state index in [4.69, 9.17) is 25.8 Å². The molecule has 218 valence electrons. The van der Waals surface area contributed by atoms with Crippen LogP contribution in [0.25, 0.3) is 10.9 Å². The number of benzene rings is 1. The van der Waals surface area contributed by atoms with Gasteiger partial charge in [0.25, 0.3) is 11.6 Å². The van der Waals surface area contributed by atoms with Crippen molar-refractivity contribution < 1.29 is 23.0 Å². The van der Waals surface area contributed by atoms with Gasteiger partial charge >= 0.3 is 0 Å². The van der Waals surface area contributed by atoms with Crippen molar-refractivity contribution in [1.29, 1.82) is 0 Å². The number of fused-ring (bicyclic) bond motifs is 3. The molecule has 40 heavy (non-hydrogen) atoms. The first kappa shape index (κ1) is 29.2. The molecule has 0 spiro atoms. The number of alkyl halides is 2. The average Bonchev–Trinajstić information content (AvgIpc) is 3.67. The third-order valence-corrected chi connectivity index (χ3v) is 13.0. The Morgan fingerprint density at radius 2 is 2.30 bits per heavy atom. The van der Waals surface area contributed by atoms with Crippen molar-refractivity contribution in [2.75, 3.05) is 43.9 Å². The van der Waals surface area contributed by atoms with Crippen LogP contribution in [0, 0.1) is 5.82 Å². The van der Waals surface area contributed by atoms with Gasteiger partial charge in [0.05, 0.1) is 21.4 Å². The van der Waals surface area contributed by atoms with Crippen LogP contribution >= 0.6 is 60.2 Å². The molecule has 14 heteroatoms. The molecule has 5 heterocycles. The lowest BCUT2D eigenvalue weighted by Crippen LogP contribution is -2.56. The second-order valence-corrected chi connectivity index (χ2v) is 16.1. The van der Waals surface area contributed by atoms with Crippen molar-refractivity contribution in [2.45, 2.75) is 48.2 Å². The molecule has 0 amide bonds. The molecule has 5 atom stereocenters. The summed E-state index contributed by atoms with van der Waals surface area (Å²) in [7, 11) is 0. The molecule has 0 aliphatic carbocycles. The SMILES string of the molecule is C=C[C@](COc1c(Cl)c(Br)c(F)c2nc(OC[C@]34CCCN(C[C@H](F)C3)S4)[nH]c(=O)c12)(NC1CCOC1)C1=IC1. The van der Waals surface area contributed by atoms with E-state index in [0.717, 1.165) is 30.2 Å². The molecule has 4 aliphatic rings. The van der Waals surface area contributed by atoms with Gasteiger partial charge in [-0.05, 0) is 45.1 Å². The Hall–Kier alpha value is -0.840. The standard InChI is InChI=1S/C26H29BrClF2IN4O4S/c1-2-26(16-9-31-16,34-15-4-7-37-11-15)13-38-22-17-21(20(30)18(27)19(22)28)32-24(33-23(17)36)39-12-25-5-3-6-35(40-25)10-14(29)8-25/h2,14-15,34H,1,3-13H2,(H,32,33,36)/t14-,15?,25+,26-/m1/s1. The first-order chi connectivity index (χ1) is 19.2. The second kappa shape index (κ2) is 11.7. The molecule has 1 aromatic heterocycles. The van der Waals surface area contributed by atoms with E-state index in [1.165, 1.54) is 3.51 Å². The lowest BCUT2D eigenvalue weighted by atomic mass is 9.94. The minimum absolute atomic E-state index is 0.0324. The zero-order valence-corrected chi connectivity index (χ0v) is 26.9. The minimum atomic E-state index is -0.946. The zero-order valence-electron chi connectivity index (χ0n) is 21.5. The Bertz CT molecular complexity index is 1430. The van der Waals surface area contributed by atoms with E-state index < -0.39 is 27.8 Å². The maximum absolute atomic E-state index is 15.4. The molecule has 8 nitrogen and oxygen atoms in total. The van der Waals surface area contributed by atoms with Crippen LogP contribution in [0.15, 0.2) is 21.9 Å². The highest BCUT2D eigenvalue weighted by molar-refractivity contribution is 14.2. The highest BCUT2D eigenvalue weighted by Gasteiger charge is 2.45. The molecular formula is C26H29BrClF2IN4O4S. The van der Waals surface area contributed by atoms with Crippen LogP contribution in [0.4, 0.5) is 8.78 Å². The van der Waals surface area contributed by atoms with Gasteiger partial charge in [-0.15, -0.1) is 27.3 Å². The summed E-state index contributed by atoms with van der Waals surface area (Å²) in [5, 5.41) is 3.48. The first-order valence-electron chi connectivity index (χ1n) is 13.1. The summed E-state index contributed by atoms with van der Waals surface area (Å²) in [6.07, 6.45) is 3.84. The van der Waals surface area contributed by atoms with E-state index >= 15 is 4.39 Å². The van der Waals surface area contributed by atoms with Gasteiger partial charge in [-0.2, -0.15) is 4.98 Å². The number of ether oxygens (including phenoxy) is 3. The third-order valence-electron chi connectivity index (χ3n) is 7.68. The Labute approximate surface area is 257 Å². The Morgan fingerprint density at radius 3 is 3.02 bits per heavy atom. The van der Waals surface area contributed by atoms with Gasteiger partial charge in [-0.1, -0.05) is 29.6 Å². The Balaban J connectivity index is 1.29. The number of nitrogens with one attached hydrogen (secondary N) is 2. The van der Waals surface area contributed by atoms with E-state index in [1.54, 1.807) is 11.9 Å². The average molecular weight is 774 g/mol. The van der Waals surface area contributed by atoms with Crippen molar-refractivity contribution in [3.63, 3.8) is 0 Å². The highest BCUT2D eigenvalue weighted by Crippen LogP contribution is 2.46. The normalized spacial score (nSPS) is 29.3. The molecule has 0 radical (unpaired) electrons. The zero-order chi connectivity index (χ0) is 28.1. The van der Waals surface area contributed by atoms with Crippen LogP contribution in [-0.2, 0) is 4.74 Å². The summed E-state index contributed by atoms with van der Waals surface area (Å²) < 4.78 is 51.4. The molecule has 1 aromatic carbocycles. The van der Waals surface area contributed by atoms with E-state index in [9.17, 15) is 9.18 Å². The molecule has 2 unspecified atom stereocenters. The fourth-order valence-corrected chi connectivity index (χ4v) is 9.88. The highest BCUT2D eigenvalue weighted by atomic mass is 127. The van der Waals surface area contributed by atoms with E-state index in [0.29, 0.717) is 26.2 Å². The summed E-state index contributed by atoms with van der Waals surface area (Å²) in [6.45, 7) is 6.86. The topological polar surface area (TPSA) is 88.7 Å². The minimum Gasteiger partial charge on any atom is -0.488 e. The van der Waals surface area contributed by atoms with Crippen molar-refractivity contribution in [1.82, 2.24) is 19.6 Å². The van der Waals surface area contributed by atoms with Gasteiger partial charge in [-0.3, -0.25) is 15.1 Å². The maximum atomic E-state index is 15.4. The fraction of sp³-hybridized carbons (Fsp3) is 0.577. The summed E-state index contributed by atoms with van der Waals surface area (Å²) >= 11 is 11.3. The van der Waals surface area contributed by atoms with Gasteiger partial charge in [0.15, 0.2) is 11.6 Å². The first-order valence-corrected chi connectivity index (χ1v) is 17.7. The second-order valence-electron chi connectivity index (χ2n) is 10.6. The number of H-pyrrole nitrogens is 1. The van der Waals surface area contributed by atoms with E-state index in [1.807, 2.05) is 10.4 Å². The van der Waals surface area contributed by atoms with Crippen molar-refractivity contribution >= 4 is 74.6 Å². The summed E-state index contributed by atoms with van der Waals surface area (Å²) in [5.74, 6) is -0.759. The van der Waals surface area contributed by atoms with Gasteiger partial charge < -0.3 is 14.2 Å². The van der Waals surface area contributed by atoms with Crippen LogP contribution in [0.3, 0.4) is 0 Å². The van der Waals surface area contributed by atoms with E-state index in [2.05, 4.69) is 37.8 Å².